The van der Waals surface area contributed by atoms with Gasteiger partial charge in [0, 0.05) is 5.69 Å². The molecule has 0 radical (unpaired) electrons. The molecule has 0 bridgehead atoms. The van der Waals surface area contributed by atoms with Crippen molar-refractivity contribution in [1.82, 2.24) is 10.9 Å². The molecule has 6 heteroatoms. The van der Waals surface area contributed by atoms with E-state index >= 15 is 0 Å². The average molecular weight is 351 g/mol. The van der Waals surface area contributed by atoms with Crippen LogP contribution in [0.3, 0.4) is 0 Å². The minimum atomic E-state index is -0.328. The lowest BCUT2D eigenvalue weighted by atomic mass is 10.1. The molecule has 3 aromatic carbocycles. The number of hydrazine groups is 1. The van der Waals surface area contributed by atoms with Crippen LogP contribution in [0.25, 0.3) is 10.8 Å². The molecule has 3 rings (SSSR count). The maximum Gasteiger partial charge on any atom is 0.276 e. The van der Waals surface area contributed by atoms with E-state index in [-0.39, 0.29) is 12.5 Å². The molecule has 0 aliphatic carbocycles. The highest BCUT2D eigenvalue weighted by atomic mass is 32.1. The Morgan fingerprint density at radius 2 is 1.60 bits per heavy atom. The molecule has 0 saturated carbocycles. The summed E-state index contributed by atoms with van der Waals surface area (Å²) in [6.07, 6.45) is 0. The van der Waals surface area contributed by atoms with E-state index in [9.17, 15) is 4.79 Å². The van der Waals surface area contributed by atoms with Crippen LogP contribution in [0.15, 0.2) is 72.8 Å². The molecule has 0 aromatic heterocycles. The van der Waals surface area contributed by atoms with Crippen LogP contribution in [0.2, 0.25) is 0 Å². The molecule has 0 aliphatic heterocycles. The third-order valence-electron chi connectivity index (χ3n) is 3.44. The first-order chi connectivity index (χ1) is 12.2. The number of hydrogen-bond donors (Lipinski definition) is 3. The normalized spacial score (nSPS) is 10.1. The lowest BCUT2D eigenvalue weighted by molar-refractivity contribution is -0.123. The minimum Gasteiger partial charge on any atom is -0.484 e. The molecule has 0 fully saturated rings. The maximum absolute atomic E-state index is 11.9. The fraction of sp³-hybridized carbons (Fsp3) is 0.0526. The number of rotatable bonds is 4. The summed E-state index contributed by atoms with van der Waals surface area (Å²) in [5.74, 6) is 0.309. The van der Waals surface area contributed by atoms with Gasteiger partial charge in [-0.3, -0.25) is 15.6 Å². The first-order valence-corrected chi connectivity index (χ1v) is 8.14. The molecular formula is C19H17N3O2S. The molecule has 3 N–H and O–H groups in total. The van der Waals surface area contributed by atoms with Gasteiger partial charge in [-0.15, -0.1) is 0 Å². The van der Waals surface area contributed by atoms with Gasteiger partial charge in [0.25, 0.3) is 5.91 Å². The van der Waals surface area contributed by atoms with Crippen LogP contribution in [0.4, 0.5) is 5.69 Å². The number of carbonyl (C=O) groups is 1. The Balaban J connectivity index is 1.45. The first-order valence-electron chi connectivity index (χ1n) is 7.73. The van der Waals surface area contributed by atoms with E-state index in [1.165, 1.54) is 0 Å². The summed E-state index contributed by atoms with van der Waals surface area (Å²) in [4.78, 5) is 11.9. The number of anilines is 1. The third-order valence-corrected chi connectivity index (χ3v) is 3.64. The Hall–Kier alpha value is -3.12. The number of fused-ring (bicyclic) bond motifs is 1. The standard InChI is InChI=1S/C19H17N3O2S/c23-18(21-22-19(25)20-16-8-2-1-3-9-16)13-24-17-11-10-14-6-4-5-7-15(14)12-17/h1-12H,13H2,(H,21,23)(H2,20,22,25). The Labute approximate surface area is 151 Å². The van der Waals surface area contributed by atoms with Crippen molar-refractivity contribution in [1.29, 1.82) is 0 Å². The largest absolute Gasteiger partial charge is 0.484 e. The summed E-state index contributed by atoms with van der Waals surface area (Å²) in [6.45, 7) is -0.112. The second-order valence-corrected chi connectivity index (χ2v) is 5.70. The van der Waals surface area contributed by atoms with Crippen LogP contribution < -0.4 is 20.9 Å². The number of amides is 1. The quantitative estimate of drug-likeness (QED) is 0.498. The fourth-order valence-corrected chi connectivity index (χ4v) is 2.42. The van der Waals surface area contributed by atoms with Gasteiger partial charge in [0.2, 0.25) is 0 Å². The number of nitrogens with one attached hydrogen (secondary N) is 3. The lowest BCUT2D eigenvalue weighted by Crippen LogP contribution is -2.45. The van der Waals surface area contributed by atoms with Crippen LogP contribution in [0.1, 0.15) is 0 Å². The summed E-state index contributed by atoms with van der Waals surface area (Å²) < 4.78 is 5.51. The highest BCUT2D eigenvalue weighted by molar-refractivity contribution is 7.80. The second-order valence-electron chi connectivity index (χ2n) is 5.29. The summed E-state index contributed by atoms with van der Waals surface area (Å²) in [5.41, 5.74) is 5.96. The Bertz CT molecular complexity index is 884. The van der Waals surface area contributed by atoms with Crippen molar-refractivity contribution in [2.75, 3.05) is 11.9 Å². The van der Waals surface area contributed by atoms with Gasteiger partial charge in [0.05, 0.1) is 0 Å². The molecule has 25 heavy (non-hydrogen) atoms. The van der Waals surface area contributed by atoms with Crippen LogP contribution in [0, 0.1) is 0 Å². The summed E-state index contributed by atoms with van der Waals surface area (Å²) >= 11 is 5.11. The van der Waals surface area contributed by atoms with Gasteiger partial charge in [0.15, 0.2) is 11.7 Å². The van der Waals surface area contributed by atoms with Crippen LogP contribution in [-0.4, -0.2) is 17.6 Å². The maximum atomic E-state index is 11.9. The molecule has 5 nitrogen and oxygen atoms in total. The molecule has 0 heterocycles. The van der Waals surface area contributed by atoms with Gasteiger partial charge >= 0.3 is 0 Å². The van der Waals surface area contributed by atoms with E-state index in [4.69, 9.17) is 17.0 Å². The molecule has 0 saturated heterocycles. The monoisotopic (exact) mass is 351 g/mol. The molecule has 0 aliphatic rings. The van der Waals surface area contributed by atoms with Gasteiger partial charge in [-0.05, 0) is 47.3 Å². The van der Waals surface area contributed by atoms with Crippen molar-refractivity contribution >= 4 is 39.7 Å². The smallest absolute Gasteiger partial charge is 0.276 e. The number of carbonyl (C=O) groups excluding carboxylic acids is 1. The Morgan fingerprint density at radius 1 is 0.880 bits per heavy atom. The zero-order valence-electron chi connectivity index (χ0n) is 13.4. The molecule has 1 amide bonds. The van der Waals surface area contributed by atoms with E-state index in [1.807, 2.05) is 72.8 Å². The zero-order chi connectivity index (χ0) is 17.5. The summed E-state index contributed by atoms with van der Waals surface area (Å²) in [7, 11) is 0. The topological polar surface area (TPSA) is 62.4 Å². The minimum absolute atomic E-state index is 0.112. The van der Waals surface area contributed by atoms with E-state index < -0.39 is 0 Å². The average Bonchev–Trinajstić information content (AvgIpc) is 2.65. The van der Waals surface area contributed by atoms with E-state index in [0.717, 1.165) is 16.5 Å². The Kier molecular flexibility index (Phi) is 5.43. The predicted molar refractivity (Wildman–Crippen MR) is 103 cm³/mol. The fourth-order valence-electron chi connectivity index (χ4n) is 2.25. The molecule has 3 aromatic rings. The molecule has 0 spiro atoms. The van der Waals surface area contributed by atoms with E-state index in [1.54, 1.807) is 0 Å². The predicted octanol–water partition coefficient (Wildman–Crippen LogP) is 3.24. The van der Waals surface area contributed by atoms with Crippen LogP contribution in [0.5, 0.6) is 5.75 Å². The zero-order valence-corrected chi connectivity index (χ0v) is 14.2. The molecular weight excluding hydrogens is 334 g/mol. The van der Waals surface area contributed by atoms with Gasteiger partial charge in [-0.1, -0.05) is 48.5 Å². The SMILES string of the molecule is O=C(COc1ccc2ccccc2c1)NNC(=S)Nc1ccccc1. The van der Waals surface area contributed by atoms with Gasteiger partial charge in [-0.25, -0.2) is 0 Å². The van der Waals surface area contributed by atoms with Crippen molar-refractivity contribution in [3.05, 3.63) is 72.8 Å². The van der Waals surface area contributed by atoms with Gasteiger partial charge in [-0.2, -0.15) is 0 Å². The van der Waals surface area contributed by atoms with Crippen LogP contribution >= 0.6 is 12.2 Å². The van der Waals surface area contributed by atoms with Gasteiger partial charge < -0.3 is 10.1 Å². The van der Waals surface area contributed by atoms with Crippen LogP contribution in [-0.2, 0) is 4.79 Å². The van der Waals surface area contributed by atoms with Crippen molar-refractivity contribution < 1.29 is 9.53 Å². The third kappa shape index (κ3) is 4.92. The molecule has 126 valence electrons. The van der Waals surface area contributed by atoms with Crippen molar-refractivity contribution in [3.8, 4) is 5.75 Å². The number of hydrogen-bond acceptors (Lipinski definition) is 3. The second kappa shape index (κ2) is 8.12. The highest BCUT2D eigenvalue weighted by Gasteiger charge is 2.04. The number of para-hydroxylation sites is 1. The Morgan fingerprint density at radius 3 is 2.40 bits per heavy atom. The highest BCUT2D eigenvalue weighted by Crippen LogP contribution is 2.20. The first kappa shape index (κ1) is 16.7. The number of benzene rings is 3. The lowest BCUT2D eigenvalue weighted by Gasteiger charge is -2.12. The van der Waals surface area contributed by atoms with E-state index in [0.29, 0.717) is 10.9 Å². The van der Waals surface area contributed by atoms with Crippen molar-refractivity contribution in [2.24, 2.45) is 0 Å². The van der Waals surface area contributed by atoms with Gasteiger partial charge in [0.1, 0.15) is 5.75 Å². The molecule has 0 unspecified atom stereocenters. The van der Waals surface area contributed by atoms with E-state index in [2.05, 4.69) is 16.2 Å². The summed E-state index contributed by atoms with van der Waals surface area (Å²) in [5, 5.41) is 5.44. The van der Waals surface area contributed by atoms with Crippen molar-refractivity contribution in [2.45, 2.75) is 0 Å². The number of ether oxygens (including phenoxy) is 1. The molecule has 0 atom stereocenters. The number of thiocarbonyl (C=S) groups is 1. The van der Waals surface area contributed by atoms with Crippen molar-refractivity contribution in [3.63, 3.8) is 0 Å². The summed E-state index contributed by atoms with van der Waals surface area (Å²) in [6, 6.07) is 23.1.